The summed E-state index contributed by atoms with van der Waals surface area (Å²) < 4.78 is 11.7. The van der Waals surface area contributed by atoms with Crippen LogP contribution in [0.15, 0.2) is 41.1 Å². The van der Waals surface area contributed by atoms with Crippen LogP contribution in [0.4, 0.5) is 0 Å². The van der Waals surface area contributed by atoms with Crippen LogP contribution in [0.5, 0.6) is 11.5 Å². The van der Waals surface area contributed by atoms with Crippen molar-refractivity contribution in [1.29, 1.82) is 0 Å². The molecule has 0 aliphatic rings. The molecule has 0 aliphatic heterocycles. The Balaban J connectivity index is 1.98. The molecule has 0 fully saturated rings. The van der Waals surface area contributed by atoms with Gasteiger partial charge in [-0.1, -0.05) is 33.6 Å². The van der Waals surface area contributed by atoms with Crippen LogP contribution in [0, 0.1) is 0 Å². The summed E-state index contributed by atoms with van der Waals surface area (Å²) in [5.74, 6) is 1.34. The summed E-state index contributed by atoms with van der Waals surface area (Å²) in [4.78, 5) is 3.99. The highest BCUT2D eigenvalue weighted by molar-refractivity contribution is 9.10. The van der Waals surface area contributed by atoms with E-state index in [1.807, 2.05) is 18.2 Å². The van der Waals surface area contributed by atoms with E-state index < -0.39 is 0 Å². The highest BCUT2D eigenvalue weighted by Gasteiger charge is 2.04. The molecule has 6 heteroatoms. The van der Waals surface area contributed by atoms with Crippen molar-refractivity contribution in [2.75, 3.05) is 20.3 Å². The lowest BCUT2D eigenvalue weighted by molar-refractivity contribution is 0.199. The van der Waals surface area contributed by atoms with E-state index >= 15 is 0 Å². The van der Waals surface area contributed by atoms with Crippen molar-refractivity contribution in [3.05, 3.63) is 51.7 Å². The maximum atomic E-state index is 5.88. The largest absolute Gasteiger partial charge is 0.456 e. The zero-order valence-electron chi connectivity index (χ0n) is 11.6. The Morgan fingerprint density at radius 1 is 1.24 bits per heavy atom. The average Bonchev–Trinajstić information content (AvgIpc) is 2.45. The molecule has 0 radical (unpaired) electrons. The second kappa shape index (κ2) is 8.34. The summed E-state index contributed by atoms with van der Waals surface area (Å²) >= 11 is 9.43. The van der Waals surface area contributed by atoms with Gasteiger partial charge in [-0.2, -0.15) is 0 Å². The second-order valence-corrected chi connectivity index (χ2v) is 5.65. The first kappa shape index (κ1) is 16.2. The molecular formula is C15H16BrClN2O2. The molecule has 0 unspecified atom stereocenters. The molecule has 1 N–H and O–H groups in total. The van der Waals surface area contributed by atoms with Gasteiger partial charge in [-0.05, 0) is 17.7 Å². The molecule has 1 aromatic heterocycles. The van der Waals surface area contributed by atoms with Crippen LogP contribution in [0.3, 0.4) is 0 Å². The van der Waals surface area contributed by atoms with Crippen LogP contribution in [0.1, 0.15) is 5.56 Å². The maximum Gasteiger partial charge on any atom is 0.147 e. The van der Waals surface area contributed by atoms with Gasteiger partial charge in [-0.15, -0.1) is 0 Å². The number of pyridine rings is 1. The van der Waals surface area contributed by atoms with Gasteiger partial charge in [0.25, 0.3) is 0 Å². The number of rotatable bonds is 7. The predicted molar refractivity (Wildman–Crippen MR) is 87.0 cm³/mol. The summed E-state index contributed by atoms with van der Waals surface area (Å²) in [7, 11) is 1.69. The number of nitrogens with zero attached hydrogens (tertiary/aromatic N) is 1. The van der Waals surface area contributed by atoms with E-state index in [-0.39, 0.29) is 0 Å². The van der Waals surface area contributed by atoms with E-state index in [4.69, 9.17) is 21.1 Å². The Labute approximate surface area is 137 Å². The van der Waals surface area contributed by atoms with E-state index in [9.17, 15) is 0 Å². The normalized spacial score (nSPS) is 10.6. The molecule has 2 aromatic rings. The van der Waals surface area contributed by atoms with Crippen LogP contribution >= 0.6 is 27.5 Å². The molecule has 0 saturated heterocycles. The third-order valence-electron chi connectivity index (χ3n) is 2.74. The van der Waals surface area contributed by atoms with Crippen LogP contribution < -0.4 is 10.1 Å². The molecule has 0 saturated carbocycles. The molecule has 0 spiro atoms. The van der Waals surface area contributed by atoms with Gasteiger partial charge in [0.1, 0.15) is 11.5 Å². The molecule has 0 atom stereocenters. The lowest BCUT2D eigenvalue weighted by Crippen LogP contribution is -2.18. The Kier molecular flexibility index (Phi) is 6.45. The van der Waals surface area contributed by atoms with Crippen LogP contribution in [-0.2, 0) is 11.3 Å². The number of halogens is 2. The Morgan fingerprint density at radius 3 is 2.81 bits per heavy atom. The molecule has 0 bridgehead atoms. The van der Waals surface area contributed by atoms with Crippen molar-refractivity contribution in [2.24, 2.45) is 0 Å². The number of benzene rings is 1. The molecule has 0 aliphatic carbocycles. The van der Waals surface area contributed by atoms with Crippen molar-refractivity contribution in [3.8, 4) is 11.5 Å². The minimum atomic E-state index is 0.547. The number of hydrogen-bond acceptors (Lipinski definition) is 4. The topological polar surface area (TPSA) is 43.4 Å². The number of aromatic nitrogens is 1. The fraction of sp³-hybridized carbons (Fsp3) is 0.267. The van der Waals surface area contributed by atoms with Gasteiger partial charge in [0.05, 0.1) is 17.8 Å². The highest BCUT2D eigenvalue weighted by atomic mass is 79.9. The highest BCUT2D eigenvalue weighted by Crippen LogP contribution is 2.27. The number of ether oxygens (including phenoxy) is 2. The van der Waals surface area contributed by atoms with Crippen molar-refractivity contribution in [1.82, 2.24) is 10.3 Å². The van der Waals surface area contributed by atoms with E-state index in [1.54, 1.807) is 25.6 Å². The van der Waals surface area contributed by atoms with E-state index in [2.05, 4.69) is 26.2 Å². The second-order valence-electron chi connectivity index (χ2n) is 4.36. The van der Waals surface area contributed by atoms with Crippen molar-refractivity contribution >= 4 is 27.5 Å². The predicted octanol–water partition coefficient (Wildman–Crippen LogP) is 4.03. The quantitative estimate of drug-likeness (QED) is 0.746. The molecule has 112 valence electrons. The van der Waals surface area contributed by atoms with Gasteiger partial charge in [0, 0.05) is 36.9 Å². The SMILES string of the molecule is COCCNCc1ccc(Oc2cncc(Cl)c2)cc1Br. The van der Waals surface area contributed by atoms with Gasteiger partial charge >= 0.3 is 0 Å². The molecule has 1 aromatic carbocycles. The summed E-state index contributed by atoms with van der Waals surface area (Å²) in [6, 6.07) is 7.58. The standard InChI is InChI=1S/C15H16BrClN2O2/c1-20-5-4-18-8-11-2-3-13(7-15(11)16)21-14-6-12(17)9-19-10-14/h2-3,6-7,9-10,18H,4-5,8H2,1H3. The lowest BCUT2D eigenvalue weighted by atomic mass is 10.2. The third-order valence-corrected chi connectivity index (χ3v) is 3.68. The zero-order valence-corrected chi connectivity index (χ0v) is 13.9. The number of methoxy groups -OCH3 is 1. The average molecular weight is 372 g/mol. The van der Waals surface area contributed by atoms with Gasteiger partial charge < -0.3 is 14.8 Å². The Hall–Kier alpha value is -1.14. The molecule has 21 heavy (non-hydrogen) atoms. The van der Waals surface area contributed by atoms with Crippen molar-refractivity contribution in [2.45, 2.75) is 6.54 Å². The van der Waals surface area contributed by atoms with E-state index in [0.717, 1.165) is 28.9 Å². The molecular weight excluding hydrogens is 356 g/mol. The Morgan fingerprint density at radius 2 is 2.10 bits per heavy atom. The summed E-state index contributed by atoms with van der Waals surface area (Å²) in [5, 5.41) is 3.84. The van der Waals surface area contributed by atoms with Gasteiger partial charge in [-0.3, -0.25) is 4.98 Å². The fourth-order valence-corrected chi connectivity index (χ4v) is 2.38. The van der Waals surface area contributed by atoms with Crippen molar-refractivity contribution in [3.63, 3.8) is 0 Å². The molecule has 4 nitrogen and oxygen atoms in total. The number of nitrogens with one attached hydrogen (secondary N) is 1. The lowest BCUT2D eigenvalue weighted by Gasteiger charge is -2.10. The smallest absolute Gasteiger partial charge is 0.147 e. The first-order valence-corrected chi connectivity index (χ1v) is 7.62. The van der Waals surface area contributed by atoms with Crippen molar-refractivity contribution < 1.29 is 9.47 Å². The maximum absolute atomic E-state index is 5.88. The molecule has 2 rings (SSSR count). The fourth-order valence-electron chi connectivity index (χ4n) is 1.72. The van der Waals surface area contributed by atoms with E-state index in [0.29, 0.717) is 17.4 Å². The summed E-state index contributed by atoms with van der Waals surface area (Å²) in [6.07, 6.45) is 3.19. The summed E-state index contributed by atoms with van der Waals surface area (Å²) in [5.41, 5.74) is 1.16. The van der Waals surface area contributed by atoms with Crippen LogP contribution in [0.2, 0.25) is 5.02 Å². The Bertz CT molecular complexity index is 596. The van der Waals surface area contributed by atoms with Gasteiger partial charge in [0.2, 0.25) is 0 Å². The molecule has 1 heterocycles. The number of hydrogen-bond donors (Lipinski definition) is 1. The minimum absolute atomic E-state index is 0.547. The first-order chi connectivity index (χ1) is 10.2. The van der Waals surface area contributed by atoms with Gasteiger partial charge in [0.15, 0.2) is 0 Å². The van der Waals surface area contributed by atoms with Gasteiger partial charge in [-0.25, -0.2) is 0 Å². The first-order valence-electron chi connectivity index (χ1n) is 6.45. The van der Waals surface area contributed by atoms with Crippen LogP contribution in [-0.4, -0.2) is 25.2 Å². The zero-order chi connectivity index (χ0) is 15.1. The third kappa shape index (κ3) is 5.28. The van der Waals surface area contributed by atoms with Crippen LogP contribution in [0.25, 0.3) is 0 Å². The molecule has 0 amide bonds. The minimum Gasteiger partial charge on any atom is -0.456 e. The summed E-state index contributed by atoms with van der Waals surface area (Å²) in [6.45, 7) is 2.28. The monoisotopic (exact) mass is 370 g/mol. The van der Waals surface area contributed by atoms with E-state index in [1.165, 1.54) is 0 Å².